The van der Waals surface area contributed by atoms with Gasteiger partial charge in [-0.05, 0) is 24.5 Å². The molecule has 0 radical (unpaired) electrons. The number of aliphatic carboxylic acids is 1. The minimum atomic E-state index is -1.09. The molecule has 0 aromatic heterocycles. The summed E-state index contributed by atoms with van der Waals surface area (Å²) >= 11 is 0. The number of benzene rings is 1. The van der Waals surface area contributed by atoms with E-state index in [1.54, 1.807) is 6.92 Å². The van der Waals surface area contributed by atoms with E-state index in [2.05, 4.69) is 0 Å². The van der Waals surface area contributed by atoms with E-state index in [1.807, 2.05) is 0 Å². The van der Waals surface area contributed by atoms with E-state index in [1.165, 1.54) is 18.2 Å². The summed E-state index contributed by atoms with van der Waals surface area (Å²) in [4.78, 5) is 20.5. The molecule has 0 saturated heterocycles. The molecule has 1 atom stereocenters. The maximum Gasteiger partial charge on any atom is 0.320 e. The van der Waals surface area contributed by atoms with Crippen LogP contribution in [0.15, 0.2) is 18.2 Å². The van der Waals surface area contributed by atoms with Crippen molar-refractivity contribution in [2.24, 2.45) is 5.73 Å². The Kier molecular flexibility index (Phi) is 3.57. The number of non-ortho nitro benzene ring substituents is 1. The standard InChI is InChI=1S/C10H12N2O4/c1-6-4-8(12(15)16)3-2-7(6)5-9(11)10(13)14/h2-4,9H,5,11H2,1H3,(H,13,14)/t9-/m0/s1. The Morgan fingerprint density at radius 2 is 2.25 bits per heavy atom. The van der Waals surface area contributed by atoms with Crippen LogP contribution in [-0.2, 0) is 11.2 Å². The van der Waals surface area contributed by atoms with Crippen LogP contribution in [0, 0.1) is 17.0 Å². The number of carboxylic acids is 1. The first kappa shape index (κ1) is 12.1. The molecule has 0 heterocycles. The summed E-state index contributed by atoms with van der Waals surface area (Å²) in [6.45, 7) is 1.69. The lowest BCUT2D eigenvalue weighted by atomic mass is 10.0. The number of rotatable bonds is 4. The van der Waals surface area contributed by atoms with Crippen LogP contribution in [0.4, 0.5) is 5.69 Å². The van der Waals surface area contributed by atoms with Crippen LogP contribution >= 0.6 is 0 Å². The van der Waals surface area contributed by atoms with Crippen LogP contribution in [0.3, 0.4) is 0 Å². The molecule has 16 heavy (non-hydrogen) atoms. The second kappa shape index (κ2) is 4.71. The van der Waals surface area contributed by atoms with E-state index < -0.39 is 16.9 Å². The Morgan fingerprint density at radius 1 is 1.62 bits per heavy atom. The molecule has 0 saturated carbocycles. The summed E-state index contributed by atoms with van der Waals surface area (Å²) in [6.07, 6.45) is 0.166. The molecular formula is C10H12N2O4. The van der Waals surface area contributed by atoms with Crippen LogP contribution in [0.1, 0.15) is 11.1 Å². The van der Waals surface area contributed by atoms with Gasteiger partial charge in [-0.15, -0.1) is 0 Å². The average molecular weight is 224 g/mol. The number of nitrogens with zero attached hydrogens (tertiary/aromatic N) is 1. The van der Waals surface area contributed by atoms with Gasteiger partial charge in [0.25, 0.3) is 5.69 Å². The molecule has 1 aromatic carbocycles. The van der Waals surface area contributed by atoms with Gasteiger partial charge in [-0.3, -0.25) is 14.9 Å². The third-order valence-corrected chi connectivity index (χ3v) is 2.29. The van der Waals surface area contributed by atoms with Gasteiger partial charge < -0.3 is 10.8 Å². The lowest BCUT2D eigenvalue weighted by Crippen LogP contribution is -2.32. The van der Waals surface area contributed by atoms with E-state index in [-0.39, 0.29) is 12.1 Å². The molecule has 3 N–H and O–H groups in total. The molecule has 0 aliphatic rings. The molecular weight excluding hydrogens is 212 g/mol. The Hall–Kier alpha value is -1.95. The van der Waals surface area contributed by atoms with Crippen LogP contribution < -0.4 is 5.73 Å². The maximum atomic E-state index is 10.6. The molecule has 1 rings (SSSR count). The van der Waals surface area contributed by atoms with E-state index in [9.17, 15) is 14.9 Å². The van der Waals surface area contributed by atoms with Gasteiger partial charge in [0, 0.05) is 12.1 Å². The number of nitro benzene ring substituents is 1. The quantitative estimate of drug-likeness (QED) is 0.582. The highest BCUT2D eigenvalue weighted by molar-refractivity contribution is 5.73. The zero-order chi connectivity index (χ0) is 12.3. The molecule has 0 fully saturated rings. The zero-order valence-electron chi connectivity index (χ0n) is 8.71. The van der Waals surface area contributed by atoms with Gasteiger partial charge in [0.15, 0.2) is 0 Å². The van der Waals surface area contributed by atoms with Crippen molar-refractivity contribution in [2.45, 2.75) is 19.4 Å². The fraction of sp³-hybridized carbons (Fsp3) is 0.300. The molecule has 0 unspecified atom stereocenters. The second-order valence-corrected chi connectivity index (χ2v) is 3.52. The van der Waals surface area contributed by atoms with Crippen molar-refractivity contribution in [1.82, 2.24) is 0 Å². The average Bonchev–Trinajstić information content (AvgIpc) is 2.20. The van der Waals surface area contributed by atoms with E-state index in [4.69, 9.17) is 10.8 Å². The van der Waals surface area contributed by atoms with Crippen LogP contribution in [0.5, 0.6) is 0 Å². The third-order valence-electron chi connectivity index (χ3n) is 2.29. The van der Waals surface area contributed by atoms with E-state index >= 15 is 0 Å². The first-order chi connectivity index (χ1) is 7.41. The molecule has 0 spiro atoms. The van der Waals surface area contributed by atoms with Crippen molar-refractivity contribution < 1.29 is 14.8 Å². The summed E-state index contributed by atoms with van der Waals surface area (Å²) < 4.78 is 0. The number of aryl methyl sites for hydroxylation is 1. The summed E-state index contributed by atoms with van der Waals surface area (Å²) in [5, 5.41) is 19.1. The SMILES string of the molecule is Cc1cc([N+](=O)[O-])ccc1C[C@H](N)C(=O)O. The van der Waals surface area contributed by atoms with Crippen LogP contribution in [0.25, 0.3) is 0 Å². The smallest absolute Gasteiger partial charge is 0.320 e. The molecule has 0 bridgehead atoms. The molecule has 0 aliphatic carbocycles. The second-order valence-electron chi connectivity index (χ2n) is 3.52. The fourth-order valence-electron chi connectivity index (χ4n) is 1.35. The molecule has 0 amide bonds. The monoisotopic (exact) mass is 224 g/mol. The molecule has 1 aromatic rings. The first-order valence-electron chi connectivity index (χ1n) is 4.64. The summed E-state index contributed by atoms with van der Waals surface area (Å²) in [7, 11) is 0. The number of nitro groups is 1. The maximum absolute atomic E-state index is 10.6. The number of hydrogen-bond donors (Lipinski definition) is 2. The Morgan fingerprint density at radius 3 is 2.69 bits per heavy atom. The summed E-state index contributed by atoms with van der Waals surface area (Å²) in [5.74, 6) is -1.09. The lowest BCUT2D eigenvalue weighted by molar-refractivity contribution is -0.384. The first-order valence-corrected chi connectivity index (χ1v) is 4.64. The van der Waals surface area contributed by atoms with Gasteiger partial charge in [0.1, 0.15) is 6.04 Å². The minimum absolute atomic E-state index is 0.00912. The third kappa shape index (κ3) is 2.77. The van der Waals surface area contributed by atoms with Crippen molar-refractivity contribution >= 4 is 11.7 Å². The van der Waals surface area contributed by atoms with E-state index in [0.717, 1.165) is 0 Å². The Balaban J connectivity index is 2.91. The number of carboxylic acid groups (broad SMARTS) is 1. The van der Waals surface area contributed by atoms with Crippen LogP contribution in [0.2, 0.25) is 0 Å². The van der Waals surface area contributed by atoms with Gasteiger partial charge >= 0.3 is 5.97 Å². The fourth-order valence-corrected chi connectivity index (χ4v) is 1.35. The van der Waals surface area contributed by atoms with Gasteiger partial charge in [-0.25, -0.2) is 0 Å². The van der Waals surface area contributed by atoms with E-state index in [0.29, 0.717) is 11.1 Å². The summed E-state index contributed by atoms with van der Waals surface area (Å²) in [5.41, 5.74) is 6.75. The van der Waals surface area contributed by atoms with Gasteiger partial charge in [-0.2, -0.15) is 0 Å². The molecule has 86 valence electrons. The van der Waals surface area contributed by atoms with Gasteiger partial charge in [-0.1, -0.05) is 6.07 Å². The Labute approximate surface area is 91.8 Å². The van der Waals surface area contributed by atoms with Crippen LogP contribution in [-0.4, -0.2) is 22.0 Å². The van der Waals surface area contributed by atoms with Gasteiger partial charge in [0.05, 0.1) is 4.92 Å². The highest BCUT2D eigenvalue weighted by Crippen LogP contribution is 2.18. The predicted molar refractivity (Wildman–Crippen MR) is 57.1 cm³/mol. The van der Waals surface area contributed by atoms with Crippen molar-refractivity contribution in [1.29, 1.82) is 0 Å². The predicted octanol–water partition coefficient (Wildman–Crippen LogP) is 0.858. The largest absolute Gasteiger partial charge is 0.480 e. The van der Waals surface area contributed by atoms with Crippen molar-refractivity contribution in [2.75, 3.05) is 0 Å². The van der Waals surface area contributed by atoms with Gasteiger partial charge in [0.2, 0.25) is 0 Å². The highest BCUT2D eigenvalue weighted by Gasteiger charge is 2.15. The molecule has 6 heteroatoms. The van der Waals surface area contributed by atoms with Crippen molar-refractivity contribution in [3.63, 3.8) is 0 Å². The normalized spacial score (nSPS) is 12.1. The number of nitrogens with two attached hydrogens (primary N) is 1. The highest BCUT2D eigenvalue weighted by atomic mass is 16.6. The zero-order valence-corrected chi connectivity index (χ0v) is 8.71. The summed E-state index contributed by atoms with van der Waals surface area (Å²) in [6, 6.07) is 3.30. The number of hydrogen-bond acceptors (Lipinski definition) is 4. The topological polar surface area (TPSA) is 106 Å². The Bertz CT molecular complexity index is 431. The molecule has 0 aliphatic heterocycles. The van der Waals surface area contributed by atoms with Crippen molar-refractivity contribution in [3.8, 4) is 0 Å². The molecule has 6 nitrogen and oxygen atoms in total. The number of carbonyl (C=O) groups is 1. The van der Waals surface area contributed by atoms with Crippen molar-refractivity contribution in [3.05, 3.63) is 39.4 Å². The lowest BCUT2D eigenvalue weighted by Gasteiger charge is -2.08. The minimum Gasteiger partial charge on any atom is -0.480 e.